The maximum atomic E-state index is 11.5. The van der Waals surface area contributed by atoms with Crippen molar-refractivity contribution in [2.24, 2.45) is 0 Å². The van der Waals surface area contributed by atoms with Gasteiger partial charge in [0.15, 0.2) is 0 Å². The summed E-state index contributed by atoms with van der Waals surface area (Å²) in [5.74, 6) is -0.988. The van der Waals surface area contributed by atoms with E-state index in [1.54, 1.807) is 0 Å². The Morgan fingerprint density at radius 2 is 2.07 bits per heavy atom. The summed E-state index contributed by atoms with van der Waals surface area (Å²) < 4.78 is 0. The molecule has 15 heavy (non-hydrogen) atoms. The molecule has 5 heteroatoms. The molecular weight excluding hydrogens is 196 g/mol. The van der Waals surface area contributed by atoms with E-state index in [0.717, 1.165) is 12.8 Å². The van der Waals surface area contributed by atoms with Crippen LogP contribution < -0.4 is 0 Å². The van der Waals surface area contributed by atoms with Crippen molar-refractivity contribution in [1.29, 1.82) is 0 Å². The van der Waals surface area contributed by atoms with Crippen LogP contribution in [0.2, 0.25) is 0 Å². The molecule has 0 aromatic heterocycles. The van der Waals surface area contributed by atoms with Gasteiger partial charge in [-0.15, -0.1) is 0 Å². The highest BCUT2D eigenvalue weighted by Gasteiger charge is 2.36. The van der Waals surface area contributed by atoms with E-state index in [9.17, 15) is 9.59 Å². The number of hydrazine groups is 1. The van der Waals surface area contributed by atoms with Crippen LogP contribution in [-0.4, -0.2) is 46.1 Å². The molecule has 0 bridgehead atoms. The van der Waals surface area contributed by atoms with E-state index in [-0.39, 0.29) is 12.5 Å². The van der Waals surface area contributed by atoms with Crippen molar-refractivity contribution in [3.8, 4) is 0 Å². The lowest BCUT2D eigenvalue weighted by atomic mass is 10.2. The van der Waals surface area contributed by atoms with E-state index < -0.39 is 5.97 Å². The zero-order valence-electron chi connectivity index (χ0n) is 8.69. The molecule has 1 N–H and O–H groups in total. The van der Waals surface area contributed by atoms with Gasteiger partial charge in [-0.25, -0.2) is 5.01 Å². The Hall–Kier alpha value is -1.10. The molecular formula is C10H16N2O3. The van der Waals surface area contributed by atoms with Crippen LogP contribution in [0.4, 0.5) is 0 Å². The molecule has 1 saturated carbocycles. The molecule has 0 radical (unpaired) electrons. The Labute approximate surface area is 88.6 Å². The first-order valence-electron chi connectivity index (χ1n) is 5.47. The minimum Gasteiger partial charge on any atom is -0.480 e. The van der Waals surface area contributed by atoms with Crippen LogP contribution in [-0.2, 0) is 9.59 Å². The number of aliphatic carboxylic acids is 1. The highest BCUT2D eigenvalue weighted by molar-refractivity contribution is 5.82. The number of carbonyl (C=O) groups is 2. The van der Waals surface area contributed by atoms with Gasteiger partial charge >= 0.3 is 5.97 Å². The van der Waals surface area contributed by atoms with Crippen LogP contribution >= 0.6 is 0 Å². The van der Waals surface area contributed by atoms with Gasteiger partial charge in [0, 0.05) is 19.0 Å². The van der Waals surface area contributed by atoms with Gasteiger partial charge in [0.2, 0.25) is 5.91 Å². The largest absolute Gasteiger partial charge is 0.480 e. The molecule has 1 aliphatic carbocycles. The second-order valence-corrected chi connectivity index (χ2v) is 4.20. The molecule has 1 aliphatic heterocycles. The van der Waals surface area contributed by atoms with Crippen LogP contribution in [0.3, 0.4) is 0 Å². The SMILES string of the molecule is O=C(O)CN1C(=O)CCN1C1CCCC1. The Kier molecular flexibility index (Phi) is 2.90. The van der Waals surface area contributed by atoms with Gasteiger partial charge < -0.3 is 5.11 Å². The lowest BCUT2D eigenvalue weighted by Crippen LogP contribution is -2.46. The first-order valence-corrected chi connectivity index (χ1v) is 5.47. The topological polar surface area (TPSA) is 60.9 Å². The van der Waals surface area contributed by atoms with Crippen molar-refractivity contribution in [2.75, 3.05) is 13.1 Å². The van der Waals surface area contributed by atoms with Crippen molar-refractivity contribution in [3.63, 3.8) is 0 Å². The standard InChI is InChI=1S/C10H16N2O3/c13-9-5-6-11(8-3-1-2-4-8)12(9)7-10(14)15/h8H,1-7H2,(H,14,15). The molecule has 5 nitrogen and oxygen atoms in total. The molecule has 1 heterocycles. The number of carboxylic acid groups (broad SMARTS) is 1. The maximum absolute atomic E-state index is 11.5. The Balaban J connectivity index is 2.02. The van der Waals surface area contributed by atoms with Crippen LogP contribution in [0.5, 0.6) is 0 Å². The van der Waals surface area contributed by atoms with Gasteiger partial charge in [0.1, 0.15) is 6.54 Å². The first-order chi connectivity index (χ1) is 7.18. The number of hydrogen-bond donors (Lipinski definition) is 1. The number of nitrogens with zero attached hydrogens (tertiary/aromatic N) is 2. The van der Waals surface area contributed by atoms with E-state index in [4.69, 9.17) is 5.11 Å². The molecule has 0 atom stereocenters. The molecule has 84 valence electrons. The quantitative estimate of drug-likeness (QED) is 0.738. The van der Waals surface area contributed by atoms with E-state index in [0.29, 0.717) is 19.0 Å². The number of carbonyl (C=O) groups excluding carboxylic acids is 1. The highest BCUT2D eigenvalue weighted by Crippen LogP contribution is 2.27. The summed E-state index contributed by atoms with van der Waals surface area (Å²) in [5, 5.41) is 12.1. The summed E-state index contributed by atoms with van der Waals surface area (Å²) in [7, 11) is 0. The van der Waals surface area contributed by atoms with E-state index >= 15 is 0 Å². The monoisotopic (exact) mass is 212 g/mol. The summed E-state index contributed by atoms with van der Waals surface area (Å²) in [6, 6.07) is 0.385. The Morgan fingerprint density at radius 1 is 1.40 bits per heavy atom. The van der Waals surface area contributed by atoms with Gasteiger partial charge in [-0.05, 0) is 12.8 Å². The zero-order valence-corrected chi connectivity index (χ0v) is 8.69. The van der Waals surface area contributed by atoms with E-state index in [1.807, 2.05) is 5.01 Å². The van der Waals surface area contributed by atoms with Crippen LogP contribution in [0.15, 0.2) is 0 Å². The third kappa shape index (κ3) is 2.12. The average Bonchev–Trinajstić information content (AvgIpc) is 2.76. The minimum atomic E-state index is -0.937. The first kappa shape index (κ1) is 10.4. The fourth-order valence-electron chi connectivity index (χ4n) is 2.49. The fraction of sp³-hybridized carbons (Fsp3) is 0.800. The maximum Gasteiger partial charge on any atom is 0.324 e. The van der Waals surface area contributed by atoms with Gasteiger partial charge in [0.25, 0.3) is 0 Å². The summed E-state index contributed by atoms with van der Waals surface area (Å²) in [6.07, 6.45) is 5.02. The number of carboxylic acids is 1. The fourth-order valence-corrected chi connectivity index (χ4v) is 2.49. The summed E-state index contributed by atoms with van der Waals surface area (Å²) in [4.78, 5) is 22.1. The van der Waals surface area contributed by atoms with Gasteiger partial charge in [0.05, 0.1) is 0 Å². The highest BCUT2D eigenvalue weighted by atomic mass is 16.4. The van der Waals surface area contributed by atoms with E-state index in [2.05, 4.69) is 0 Å². The molecule has 0 unspecified atom stereocenters. The molecule has 0 aromatic rings. The predicted octanol–water partition coefficient (Wildman–Crippen LogP) is 0.463. The second-order valence-electron chi connectivity index (χ2n) is 4.20. The Bertz CT molecular complexity index is 274. The van der Waals surface area contributed by atoms with Crippen molar-refractivity contribution in [1.82, 2.24) is 10.0 Å². The summed E-state index contributed by atoms with van der Waals surface area (Å²) >= 11 is 0. The van der Waals surface area contributed by atoms with Crippen LogP contribution in [0.25, 0.3) is 0 Å². The smallest absolute Gasteiger partial charge is 0.324 e. The van der Waals surface area contributed by atoms with Gasteiger partial charge in [-0.3, -0.25) is 14.6 Å². The van der Waals surface area contributed by atoms with Crippen molar-refractivity contribution in [3.05, 3.63) is 0 Å². The van der Waals surface area contributed by atoms with Crippen molar-refractivity contribution in [2.45, 2.75) is 38.1 Å². The summed E-state index contributed by atoms with van der Waals surface area (Å²) in [5.41, 5.74) is 0. The van der Waals surface area contributed by atoms with Gasteiger partial charge in [-0.2, -0.15) is 0 Å². The summed E-state index contributed by atoms with van der Waals surface area (Å²) in [6.45, 7) is 0.506. The van der Waals surface area contributed by atoms with Crippen LogP contribution in [0, 0.1) is 0 Å². The third-order valence-corrected chi connectivity index (χ3v) is 3.18. The number of hydrogen-bond acceptors (Lipinski definition) is 3. The second kappa shape index (κ2) is 4.18. The minimum absolute atomic E-state index is 0.0516. The molecule has 2 fully saturated rings. The molecule has 0 spiro atoms. The normalized spacial score (nSPS) is 24.0. The molecule has 2 rings (SSSR count). The Morgan fingerprint density at radius 3 is 2.67 bits per heavy atom. The van der Waals surface area contributed by atoms with E-state index in [1.165, 1.54) is 17.9 Å². The molecule has 2 aliphatic rings. The van der Waals surface area contributed by atoms with Crippen LogP contribution in [0.1, 0.15) is 32.1 Å². The third-order valence-electron chi connectivity index (χ3n) is 3.18. The average molecular weight is 212 g/mol. The predicted molar refractivity (Wildman–Crippen MR) is 52.9 cm³/mol. The lowest BCUT2D eigenvalue weighted by Gasteiger charge is -2.31. The number of amides is 1. The molecule has 0 aromatic carbocycles. The number of rotatable bonds is 3. The zero-order chi connectivity index (χ0) is 10.8. The molecule has 1 saturated heterocycles. The molecule has 1 amide bonds. The van der Waals surface area contributed by atoms with Gasteiger partial charge in [-0.1, -0.05) is 12.8 Å². The van der Waals surface area contributed by atoms with Crippen molar-refractivity contribution >= 4 is 11.9 Å². The van der Waals surface area contributed by atoms with Crippen molar-refractivity contribution < 1.29 is 14.7 Å². The lowest BCUT2D eigenvalue weighted by molar-refractivity contribution is -0.153.